The number of aliphatic hydroxyl groups excluding tert-OH is 1. The van der Waals surface area contributed by atoms with Crippen molar-refractivity contribution in [3.05, 3.63) is 23.8 Å². The summed E-state index contributed by atoms with van der Waals surface area (Å²) in [5.41, 5.74) is 0.796. The lowest BCUT2D eigenvalue weighted by atomic mass is 10.1. The summed E-state index contributed by atoms with van der Waals surface area (Å²) < 4.78 is 0. The molecule has 0 aliphatic carbocycles. The van der Waals surface area contributed by atoms with Crippen molar-refractivity contribution < 1.29 is 15.3 Å². The molecule has 90 valence electrons. The first-order valence-electron chi connectivity index (χ1n) is 5.46. The smallest absolute Gasteiger partial charge is 0.119 e. The standard InChI is InChI=1S/C12H19NO3/c1-3-10(7-14)13-8(2)9-4-11(15)6-12(16)5-9/h4-6,8,10,13-16H,3,7H2,1-2H3/t8?,10-/m1/s1. The van der Waals surface area contributed by atoms with Crippen LogP contribution in [0.5, 0.6) is 11.5 Å². The highest BCUT2D eigenvalue weighted by Crippen LogP contribution is 2.24. The SMILES string of the molecule is CC[C@H](CO)NC(C)c1cc(O)cc(O)c1. The van der Waals surface area contributed by atoms with Crippen LogP contribution in [0.1, 0.15) is 31.9 Å². The number of nitrogens with one attached hydrogen (secondary N) is 1. The van der Waals surface area contributed by atoms with Gasteiger partial charge in [-0.15, -0.1) is 0 Å². The van der Waals surface area contributed by atoms with Gasteiger partial charge in [-0.05, 0) is 31.0 Å². The molecule has 16 heavy (non-hydrogen) atoms. The summed E-state index contributed by atoms with van der Waals surface area (Å²) in [7, 11) is 0. The van der Waals surface area contributed by atoms with Gasteiger partial charge in [0, 0.05) is 18.2 Å². The van der Waals surface area contributed by atoms with Crippen LogP contribution in [-0.4, -0.2) is 28.0 Å². The molecule has 0 aliphatic heterocycles. The summed E-state index contributed by atoms with van der Waals surface area (Å²) in [6.45, 7) is 3.98. The van der Waals surface area contributed by atoms with Crippen LogP contribution < -0.4 is 5.32 Å². The van der Waals surface area contributed by atoms with E-state index >= 15 is 0 Å². The highest BCUT2D eigenvalue weighted by molar-refractivity contribution is 5.37. The van der Waals surface area contributed by atoms with Gasteiger partial charge in [0.1, 0.15) is 11.5 Å². The maximum atomic E-state index is 9.35. The number of phenolic OH excluding ortho intramolecular Hbond substituents is 2. The largest absolute Gasteiger partial charge is 0.508 e. The van der Waals surface area contributed by atoms with Crippen LogP contribution in [0.3, 0.4) is 0 Å². The third kappa shape index (κ3) is 3.40. The molecule has 2 atom stereocenters. The first-order valence-corrected chi connectivity index (χ1v) is 5.46. The monoisotopic (exact) mass is 225 g/mol. The first kappa shape index (κ1) is 12.8. The van der Waals surface area contributed by atoms with E-state index in [9.17, 15) is 10.2 Å². The molecule has 1 aromatic carbocycles. The van der Waals surface area contributed by atoms with Crippen LogP contribution in [0.2, 0.25) is 0 Å². The molecule has 0 heterocycles. The molecule has 0 bridgehead atoms. The minimum Gasteiger partial charge on any atom is -0.508 e. The molecular weight excluding hydrogens is 206 g/mol. The van der Waals surface area contributed by atoms with Gasteiger partial charge < -0.3 is 20.6 Å². The van der Waals surface area contributed by atoms with Crippen LogP contribution in [0.15, 0.2) is 18.2 Å². The summed E-state index contributed by atoms with van der Waals surface area (Å²) in [4.78, 5) is 0. The fraction of sp³-hybridized carbons (Fsp3) is 0.500. The van der Waals surface area contributed by atoms with E-state index < -0.39 is 0 Å². The second-order valence-electron chi connectivity index (χ2n) is 3.96. The molecule has 0 saturated heterocycles. The Morgan fingerprint density at radius 2 is 1.75 bits per heavy atom. The Kier molecular flexibility index (Phi) is 4.58. The lowest BCUT2D eigenvalue weighted by Gasteiger charge is -2.21. The Morgan fingerprint density at radius 3 is 2.19 bits per heavy atom. The highest BCUT2D eigenvalue weighted by Gasteiger charge is 2.12. The summed E-state index contributed by atoms with van der Waals surface area (Å²) in [6.07, 6.45) is 0.825. The zero-order valence-corrected chi connectivity index (χ0v) is 9.64. The molecule has 0 spiro atoms. The van der Waals surface area contributed by atoms with Gasteiger partial charge in [0.2, 0.25) is 0 Å². The summed E-state index contributed by atoms with van der Waals surface area (Å²) >= 11 is 0. The zero-order chi connectivity index (χ0) is 12.1. The number of aromatic hydroxyl groups is 2. The van der Waals surface area contributed by atoms with Crippen LogP contribution in [0.4, 0.5) is 0 Å². The van der Waals surface area contributed by atoms with Crippen LogP contribution >= 0.6 is 0 Å². The zero-order valence-electron chi connectivity index (χ0n) is 9.64. The molecule has 0 radical (unpaired) electrons. The lowest BCUT2D eigenvalue weighted by Crippen LogP contribution is -2.33. The number of aliphatic hydroxyl groups is 1. The number of rotatable bonds is 5. The molecule has 0 aliphatic rings. The molecule has 1 aromatic rings. The van der Waals surface area contributed by atoms with E-state index in [-0.39, 0.29) is 30.2 Å². The van der Waals surface area contributed by atoms with Crippen molar-refractivity contribution in [2.75, 3.05) is 6.61 Å². The van der Waals surface area contributed by atoms with Crippen molar-refractivity contribution in [3.8, 4) is 11.5 Å². The van der Waals surface area contributed by atoms with E-state index in [0.29, 0.717) is 0 Å². The molecule has 0 amide bonds. The average molecular weight is 225 g/mol. The summed E-state index contributed by atoms with van der Waals surface area (Å²) in [5.74, 6) is 0.0846. The predicted octanol–water partition coefficient (Wildman–Crippen LogP) is 1.52. The summed E-state index contributed by atoms with van der Waals surface area (Å²) in [5, 5.41) is 31.0. The molecule has 4 heteroatoms. The Labute approximate surface area is 95.6 Å². The van der Waals surface area contributed by atoms with Crippen molar-refractivity contribution >= 4 is 0 Å². The van der Waals surface area contributed by atoms with Gasteiger partial charge in [0.15, 0.2) is 0 Å². The van der Waals surface area contributed by atoms with E-state index in [1.807, 2.05) is 13.8 Å². The van der Waals surface area contributed by atoms with Gasteiger partial charge in [-0.2, -0.15) is 0 Å². The topological polar surface area (TPSA) is 72.7 Å². The first-order chi connectivity index (χ1) is 7.56. The summed E-state index contributed by atoms with van der Waals surface area (Å²) in [6, 6.07) is 4.48. The lowest BCUT2D eigenvalue weighted by molar-refractivity contribution is 0.230. The van der Waals surface area contributed by atoms with Gasteiger partial charge in [0.25, 0.3) is 0 Å². The van der Waals surface area contributed by atoms with Crippen molar-refractivity contribution in [2.45, 2.75) is 32.4 Å². The Balaban J connectivity index is 2.75. The van der Waals surface area contributed by atoms with Crippen LogP contribution in [-0.2, 0) is 0 Å². The fourth-order valence-electron chi connectivity index (χ4n) is 1.62. The third-order valence-corrected chi connectivity index (χ3v) is 2.62. The molecule has 1 rings (SSSR count). The Hall–Kier alpha value is -1.26. The van der Waals surface area contributed by atoms with E-state index in [1.165, 1.54) is 6.07 Å². The number of hydrogen-bond donors (Lipinski definition) is 4. The molecule has 0 aromatic heterocycles. The number of hydrogen-bond acceptors (Lipinski definition) is 4. The molecule has 0 saturated carbocycles. The van der Waals surface area contributed by atoms with Crippen molar-refractivity contribution in [2.24, 2.45) is 0 Å². The third-order valence-electron chi connectivity index (χ3n) is 2.62. The normalized spacial score (nSPS) is 14.7. The van der Waals surface area contributed by atoms with Gasteiger partial charge in [0.05, 0.1) is 6.61 Å². The fourth-order valence-corrected chi connectivity index (χ4v) is 1.62. The molecule has 4 nitrogen and oxygen atoms in total. The molecule has 1 unspecified atom stereocenters. The Bertz CT molecular complexity index is 317. The Morgan fingerprint density at radius 1 is 1.19 bits per heavy atom. The molecule has 4 N–H and O–H groups in total. The van der Waals surface area contributed by atoms with E-state index in [4.69, 9.17) is 5.11 Å². The second kappa shape index (κ2) is 5.72. The quantitative estimate of drug-likeness (QED) is 0.613. The van der Waals surface area contributed by atoms with Crippen molar-refractivity contribution in [1.82, 2.24) is 5.32 Å². The predicted molar refractivity (Wildman–Crippen MR) is 62.5 cm³/mol. The number of benzene rings is 1. The van der Waals surface area contributed by atoms with E-state index in [2.05, 4.69) is 5.32 Å². The minimum absolute atomic E-state index is 0.0273. The van der Waals surface area contributed by atoms with E-state index in [1.54, 1.807) is 12.1 Å². The van der Waals surface area contributed by atoms with Crippen LogP contribution in [0, 0.1) is 0 Å². The van der Waals surface area contributed by atoms with Crippen molar-refractivity contribution in [3.63, 3.8) is 0 Å². The van der Waals surface area contributed by atoms with Gasteiger partial charge in [-0.3, -0.25) is 0 Å². The van der Waals surface area contributed by atoms with Gasteiger partial charge >= 0.3 is 0 Å². The average Bonchev–Trinajstić information content (AvgIpc) is 2.24. The van der Waals surface area contributed by atoms with E-state index in [0.717, 1.165) is 12.0 Å². The second-order valence-corrected chi connectivity index (χ2v) is 3.96. The molecular formula is C12H19NO3. The minimum atomic E-state index is -0.0323. The van der Waals surface area contributed by atoms with Crippen LogP contribution in [0.25, 0.3) is 0 Å². The van der Waals surface area contributed by atoms with Gasteiger partial charge in [-0.25, -0.2) is 0 Å². The number of phenols is 2. The van der Waals surface area contributed by atoms with Gasteiger partial charge in [-0.1, -0.05) is 6.92 Å². The maximum Gasteiger partial charge on any atom is 0.119 e. The van der Waals surface area contributed by atoms with Crippen molar-refractivity contribution in [1.29, 1.82) is 0 Å². The maximum absolute atomic E-state index is 9.35. The highest BCUT2D eigenvalue weighted by atomic mass is 16.3. The molecule has 0 fully saturated rings.